The topological polar surface area (TPSA) is 64.6 Å². The number of ether oxygens (including phenoxy) is 2. The van der Waals surface area contributed by atoms with Gasteiger partial charge in [0.15, 0.2) is 13.6 Å². The van der Waals surface area contributed by atoms with Crippen molar-refractivity contribution in [2.75, 3.05) is 19.6 Å². The third kappa shape index (κ3) is 6.99. The summed E-state index contributed by atoms with van der Waals surface area (Å²) in [6, 6.07) is 9.12. The molecule has 1 atom stereocenters. The van der Waals surface area contributed by atoms with Gasteiger partial charge in [-0.05, 0) is 26.0 Å². The van der Waals surface area contributed by atoms with Gasteiger partial charge in [0.2, 0.25) is 0 Å². The largest absolute Gasteiger partial charge is 0.485 e. The molecule has 0 aliphatic heterocycles. The molecule has 106 valence electrons. The first-order chi connectivity index (χ1) is 8.89. The van der Waals surface area contributed by atoms with E-state index in [4.69, 9.17) is 9.47 Å². The fraction of sp³-hybridized carbons (Fsp3) is 0.462. The highest BCUT2D eigenvalue weighted by Gasteiger charge is 2.18. The predicted molar refractivity (Wildman–Crippen MR) is 74.7 cm³/mol. The van der Waals surface area contributed by atoms with Crippen molar-refractivity contribution in [3.63, 3.8) is 0 Å². The van der Waals surface area contributed by atoms with Crippen molar-refractivity contribution in [2.45, 2.75) is 20.0 Å². The minimum atomic E-state index is -2.73. The second-order valence-corrected chi connectivity index (χ2v) is 7.34. The Labute approximate surface area is 113 Å². The van der Waals surface area contributed by atoms with E-state index in [1.165, 1.54) is 0 Å². The first-order valence-electron chi connectivity index (χ1n) is 6.08. The number of carbonyl (C=O) groups excluding carboxylic acids is 1. The second-order valence-electron chi connectivity index (χ2n) is 4.56. The molecule has 0 aliphatic rings. The smallest absolute Gasteiger partial charge is 0.320 e. The van der Waals surface area contributed by atoms with Crippen LogP contribution in [0.2, 0.25) is 0 Å². The Kier molecular flexibility index (Phi) is 6.06. The van der Waals surface area contributed by atoms with Crippen LogP contribution in [0.5, 0.6) is 5.75 Å². The minimum Gasteiger partial charge on any atom is -0.485 e. The molecule has 0 aliphatic carbocycles. The summed E-state index contributed by atoms with van der Waals surface area (Å²) in [6.45, 7) is 4.99. The van der Waals surface area contributed by atoms with Gasteiger partial charge in [0.1, 0.15) is 5.75 Å². The molecular formula is C13H20NO4P. The summed E-state index contributed by atoms with van der Waals surface area (Å²) in [5.74, 6) is 0.230. The van der Waals surface area contributed by atoms with E-state index < -0.39 is 13.3 Å². The van der Waals surface area contributed by atoms with E-state index in [-0.39, 0.29) is 19.0 Å². The van der Waals surface area contributed by atoms with Gasteiger partial charge in [0.25, 0.3) is 0 Å². The Hall–Kier alpha value is -1.32. The lowest BCUT2D eigenvalue weighted by Crippen LogP contribution is -2.26. The fourth-order valence-electron chi connectivity index (χ4n) is 1.30. The molecule has 1 rings (SSSR count). The number of carbonyl (C=O) groups is 1. The van der Waals surface area contributed by atoms with Crippen LogP contribution >= 0.6 is 7.29 Å². The molecule has 0 aromatic heterocycles. The van der Waals surface area contributed by atoms with Crippen molar-refractivity contribution in [3.8, 4) is 5.75 Å². The molecule has 0 amide bonds. The Morgan fingerprint density at radius 2 is 1.95 bits per heavy atom. The maximum atomic E-state index is 12.1. The van der Waals surface area contributed by atoms with Gasteiger partial charge < -0.3 is 14.0 Å². The summed E-state index contributed by atoms with van der Waals surface area (Å²) in [6.07, 6.45) is -0.141. The monoisotopic (exact) mass is 285 g/mol. The zero-order chi connectivity index (χ0) is 14.3. The minimum absolute atomic E-state index is 0.0337. The normalized spacial score (nSPS) is 13.9. The Morgan fingerprint density at radius 1 is 1.32 bits per heavy atom. The summed E-state index contributed by atoms with van der Waals surface area (Å²) in [7, 11) is -2.73. The van der Waals surface area contributed by atoms with Gasteiger partial charge in [-0.25, -0.2) is 0 Å². The average Bonchev–Trinajstić information content (AvgIpc) is 2.35. The van der Waals surface area contributed by atoms with Crippen LogP contribution in [0.3, 0.4) is 0 Å². The van der Waals surface area contributed by atoms with Crippen LogP contribution in [0.15, 0.2) is 30.3 Å². The standard InChI is InChI=1S/C13H20NO4P/c1-11(2)18-13(15)9-14-19(3,16)10-17-12-7-5-4-6-8-12/h4-8,11H,9-10H2,1-3H3,(H,14,16)/t19-/m1/s1. The van der Waals surface area contributed by atoms with Gasteiger partial charge in [-0.2, -0.15) is 0 Å². The predicted octanol–water partition coefficient (Wildman–Crippen LogP) is 2.47. The molecule has 6 heteroatoms. The van der Waals surface area contributed by atoms with Crippen LogP contribution in [-0.4, -0.2) is 31.6 Å². The molecule has 1 aromatic rings. The molecular weight excluding hydrogens is 265 g/mol. The Bertz CT molecular complexity index is 447. The van der Waals surface area contributed by atoms with Crippen molar-refractivity contribution in [1.82, 2.24) is 5.09 Å². The molecule has 1 N–H and O–H groups in total. The van der Waals surface area contributed by atoms with Gasteiger partial charge >= 0.3 is 5.97 Å². The van der Waals surface area contributed by atoms with Crippen molar-refractivity contribution >= 4 is 13.3 Å². The van der Waals surface area contributed by atoms with E-state index in [0.29, 0.717) is 5.75 Å². The van der Waals surface area contributed by atoms with E-state index in [1.807, 2.05) is 18.2 Å². The van der Waals surface area contributed by atoms with Crippen molar-refractivity contribution in [1.29, 1.82) is 0 Å². The fourth-order valence-corrected chi connectivity index (χ4v) is 2.25. The highest BCUT2D eigenvalue weighted by molar-refractivity contribution is 7.60. The van der Waals surface area contributed by atoms with Gasteiger partial charge in [0.05, 0.1) is 12.6 Å². The van der Waals surface area contributed by atoms with E-state index in [0.717, 1.165) is 0 Å². The summed E-state index contributed by atoms with van der Waals surface area (Å²) in [5.41, 5.74) is 0. The Balaban J connectivity index is 2.36. The van der Waals surface area contributed by atoms with Crippen molar-refractivity contribution < 1.29 is 18.8 Å². The van der Waals surface area contributed by atoms with Crippen LogP contribution in [0.1, 0.15) is 13.8 Å². The number of hydrogen-bond acceptors (Lipinski definition) is 4. The number of para-hydroxylation sites is 1. The van der Waals surface area contributed by atoms with Gasteiger partial charge in [-0.15, -0.1) is 0 Å². The molecule has 0 unspecified atom stereocenters. The zero-order valence-electron chi connectivity index (χ0n) is 11.5. The van der Waals surface area contributed by atoms with Crippen molar-refractivity contribution in [2.24, 2.45) is 0 Å². The quantitative estimate of drug-likeness (QED) is 0.616. The number of rotatable bonds is 7. The summed E-state index contributed by atoms with van der Waals surface area (Å²) in [5, 5.41) is 2.69. The lowest BCUT2D eigenvalue weighted by Gasteiger charge is -2.16. The zero-order valence-corrected chi connectivity index (χ0v) is 12.4. The molecule has 0 saturated carbocycles. The summed E-state index contributed by atoms with van der Waals surface area (Å²) < 4.78 is 22.5. The first-order valence-corrected chi connectivity index (χ1v) is 8.42. The van der Waals surface area contributed by atoms with E-state index in [9.17, 15) is 9.36 Å². The highest BCUT2D eigenvalue weighted by atomic mass is 31.2. The van der Waals surface area contributed by atoms with Gasteiger partial charge in [-0.1, -0.05) is 18.2 Å². The molecule has 19 heavy (non-hydrogen) atoms. The molecule has 5 nitrogen and oxygen atoms in total. The number of benzene rings is 1. The summed E-state index contributed by atoms with van der Waals surface area (Å²) in [4.78, 5) is 11.3. The van der Waals surface area contributed by atoms with Gasteiger partial charge in [-0.3, -0.25) is 9.88 Å². The number of esters is 1. The lowest BCUT2D eigenvalue weighted by atomic mass is 10.3. The van der Waals surface area contributed by atoms with E-state index in [2.05, 4.69) is 5.09 Å². The third-order valence-corrected chi connectivity index (χ3v) is 3.59. The van der Waals surface area contributed by atoms with Crippen LogP contribution in [0.4, 0.5) is 0 Å². The molecule has 1 aromatic carbocycles. The van der Waals surface area contributed by atoms with E-state index in [1.54, 1.807) is 32.6 Å². The van der Waals surface area contributed by atoms with Crippen LogP contribution in [-0.2, 0) is 14.1 Å². The van der Waals surface area contributed by atoms with Gasteiger partial charge in [0, 0.05) is 6.66 Å². The first kappa shape index (κ1) is 15.7. The molecule has 0 bridgehead atoms. The molecule has 0 fully saturated rings. The molecule has 0 heterocycles. The maximum Gasteiger partial charge on any atom is 0.320 e. The number of nitrogens with one attached hydrogen (secondary N) is 1. The van der Waals surface area contributed by atoms with E-state index >= 15 is 0 Å². The number of hydrogen-bond donors (Lipinski definition) is 1. The highest BCUT2D eigenvalue weighted by Crippen LogP contribution is 2.35. The SMILES string of the molecule is CC(C)OC(=O)CN[P@](C)(=O)COc1ccccc1. The molecule has 0 spiro atoms. The Morgan fingerprint density at radius 3 is 2.53 bits per heavy atom. The molecule has 0 radical (unpaired) electrons. The van der Waals surface area contributed by atoms with Crippen LogP contribution < -0.4 is 9.82 Å². The van der Waals surface area contributed by atoms with Crippen LogP contribution in [0, 0.1) is 0 Å². The van der Waals surface area contributed by atoms with Crippen LogP contribution in [0.25, 0.3) is 0 Å². The van der Waals surface area contributed by atoms with Crippen molar-refractivity contribution in [3.05, 3.63) is 30.3 Å². The average molecular weight is 285 g/mol. The maximum absolute atomic E-state index is 12.1. The molecule has 0 saturated heterocycles. The lowest BCUT2D eigenvalue weighted by molar-refractivity contribution is -0.145. The second kappa shape index (κ2) is 7.31. The summed E-state index contributed by atoms with van der Waals surface area (Å²) >= 11 is 0. The third-order valence-electron chi connectivity index (χ3n) is 2.15.